The number of hydrogen-bond donors (Lipinski definition) is 2. The first-order valence-electron chi connectivity index (χ1n) is 11.2. The maximum absolute atomic E-state index is 12.7. The summed E-state index contributed by atoms with van der Waals surface area (Å²) in [7, 11) is 0. The molecule has 0 bridgehead atoms. The predicted octanol–water partition coefficient (Wildman–Crippen LogP) is 3.59. The molecule has 0 spiro atoms. The SMILES string of the molecule is CCOC(=O)COc1ccc(/C=N/NC(=O)C(NC(=O)c2cccc(Cl)c2)C(C)C)cc1OCC. The number of amides is 2. The minimum atomic E-state index is -0.809. The number of rotatable bonds is 12. The van der Waals surface area contributed by atoms with E-state index in [4.69, 9.17) is 25.8 Å². The van der Waals surface area contributed by atoms with Crippen molar-refractivity contribution in [3.05, 3.63) is 58.6 Å². The Morgan fingerprint density at radius 3 is 2.46 bits per heavy atom. The first-order chi connectivity index (χ1) is 16.7. The third-order valence-corrected chi connectivity index (χ3v) is 4.86. The van der Waals surface area contributed by atoms with Gasteiger partial charge in [-0.2, -0.15) is 5.10 Å². The third-order valence-electron chi connectivity index (χ3n) is 4.63. The molecule has 2 aromatic rings. The van der Waals surface area contributed by atoms with Gasteiger partial charge in [0.1, 0.15) is 6.04 Å². The van der Waals surface area contributed by atoms with E-state index in [9.17, 15) is 14.4 Å². The van der Waals surface area contributed by atoms with Crippen LogP contribution in [-0.4, -0.2) is 49.9 Å². The van der Waals surface area contributed by atoms with Crippen molar-refractivity contribution in [1.82, 2.24) is 10.7 Å². The van der Waals surface area contributed by atoms with Gasteiger partial charge in [-0.3, -0.25) is 9.59 Å². The van der Waals surface area contributed by atoms with Crippen molar-refractivity contribution in [3.63, 3.8) is 0 Å². The van der Waals surface area contributed by atoms with E-state index in [-0.39, 0.29) is 19.1 Å². The van der Waals surface area contributed by atoms with Gasteiger partial charge >= 0.3 is 5.97 Å². The summed E-state index contributed by atoms with van der Waals surface area (Å²) in [6.45, 7) is 7.58. The number of hydrazone groups is 1. The summed E-state index contributed by atoms with van der Waals surface area (Å²) >= 11 is 5.95. The van der Waals surface area contributed by atoms with Crippen LogP contribution in [0.1, 0.15) is 43.6 Å². The number of halogens is 1. The Labute approximate surface area is 209 Å². The molecular weight excluding hydrogens is 474 g/mol. The smallest absolute Gasteiger partial charge is 0.344 e. The second-order valence-corrected chi connectivity index (χ2v) is 8.11. The highest BCUT2D eigenvalue weighted by atomic mass is 35.5. The summed E-state index contributed by atoms with van der Waals surface area (Å²) < 4.78 is 15.9. The molecule has 2 aromatic carbocycles. The van der Waals surface area contributed by atoms with Crippen LogP contribution in [-0.2, 0) is 14.3 Å². The molecule has 1 unspecified atom stereocenters. The number of benzene rings is 2. The van der Waals surface area contributed by atoms with Crippen LogP contribution in [0.25, 0.3) is 0 Å². The van der Waals surface area contributed by atoms with Gasteiger partial charge in [-0.1, -0.05) is 31.5 Å². The van der Waals surface area contributed by atoms with Gasteiger partial charge in [-0.25, -0.2) is 10.2 Å². The quantitative estimate of drug-likeness (QED) is 0.260. The molecule has 0 radical (unpaired) electrons. The molecule has 0 aliphatic rings. The van der Waals surface area contributed by atoms with Crippen molar-refractivity contribution in [2.45, 2.75) is 33.7 Å². The van der Waals surface area contributed by atoms with Crippen molar-refractivity contribution in [3.8, 4) is 11.5 Å². The lowest BCUT2D eigenvalue weighted by Gasteiger charge is -2.20. The number of hydrogen-bond acceptors (Lipinski definition) is 7. The molecule has 35 heavy (non-hydrogen) atoms. The lowest BCUT2D eigenvalue weighted by atomic mass is 10.0. The van der Waals surface area contributed by atoms with Crippen molar-refractivity contribution in [1.29, 1.82) is 0 Å². The molecule has 2 amide bonds. The first-order valence-corrected chi connectivity index (χ1v) is 11.6. The second kappa shape index (κ2) is 14.0. The maximum Gasteiger partial charge on any atom is 0.344 e. The summed E-state index contributed by atoms with van der Waals surface area (Å²) in [4.78, 5) is 36.8. The van der Waals surface area contributed by atoms with E-state index in [0.717, 1.165) is 0 Å². The van der Waals surface area contributed by atoms with Crippen LogP contribution >= 0.6 is 11.6 Å². The van der Waals surface area contributed by atoms with Gasteiger partial charge in [-0.05, 0) is 61.7 Å². The zero-order valence-electron chi connectivity index (χ0n) is 20.2. The fraction of sp³-hybridized carbons (Fsp3) is 0.360. The molecule has 0 saturated carbocycles. The van der Waals surface area contributed by atoms with Crippen molar-refractivity contribution in [2.24, 2.45) is 11.0 Å². The van der Waals surface area contributed by atoms with Crippen molar-refractivity contribution >= 4 is 35.6 Å². The van der Waals surface area contributed by atoms with Crippen LogP contribution in [0.2, 0.25) is 5.02 Å². The molecule has 188 valence electrons. The van der Waals surface area contributed by atoms with Crippen LogP contribution in [0.3, 0.4) is 0 Å². The maximum atomic E-state index is 12.7. The Morgan fingerprint density at radius 2 is 1.80 bits per heavy atom. The fourth-order valence-electron chi connectivity index (χ4n) is 2.96. The van der Waals surface area contributed by atoms with Gasteiger partial charge in [0.05, 0.1) is 19.4 Å². The Bertz CT molecular complexity index is 1060. The molecular formula is C25H30ClN3O6. The Morgan fingerprint density at radius 1 is 1.03 bits per heavy atom. The zero-order valence-corrected chi connectivity index (χ0v) is 20.9. The van der Waals surface area contributed by atoms with Crippen LogP contribution in [0.15, 0.2) is 47.6 Å². The molecule has 2 rings (SSSR count). The monoisotopic (exact) mass is 503 g/mol. The van der Waals surface area contributed by atoms with E-state index in [2.05, 4.69) is 15.8 Å². The first kappa shape index (κ1) is 27.7. The summed E-state index contributed by atoms with van der Waals surface area (Å²) in [5.41, 5.74) is 3.44. The van der Waals surface area contributed by atoms with E-state index in [1.54, 1.807) is 43.3 Å². The average molecular weight is 504 g/mol. The lowest BCUT2D eigenvalue weighted by Crippen LogP contribution is -2.48. The highest BCUT2D eigenvalue weighted by Crippen LogP contribution is 2.28. The van der Waals surface area contributed by atoms with Gasteiger partial charge in [-0.15, -0.1) is 0 Å². The molecule has 10 heteroatoms. The van der Waals surface area contributed by atoms with Gasteiger partial charge < -0.3 is 19.5 Å². The third kappa shape index (κ3) is 8.94. The van der Waals surface area contributed by atoms with E-state index in [1.807, 2.05) is 20.8 Å². The highest BCUT2D eigenvalue weighted by molar-refractivity contribution is 6.31. The number of ether oxygens (including phenoxy) is 3. The number of carbonyl (C=O) groups is 3. The van der Waals surface area contributed by atoms with Gasteiger partial charge in [0.2, 0.25) is 0 Å². The fourth-order valence-corrected chi connectivity index (χ4v) is 3.15. The molecule has 0 fully saturated rings. The molecule has 0 saturated heterocycles. The standard InChI is InChI=1S/C25H30ClN3O6/c1-5-33-21-12-17(10-11-20(21)35-15-22(30)34-6-2)14-27-29-25(32)23(16(3)4)28-24(31)18-8-7-9-19(26)13-18/h7-14,16,23H,5-6,15H2,1-4H3,(H,28,31)(H,29,32)/b27-14+. The molecule has 9 nitrogen and oxygen atoms in total. The van der Waals surface area contributed by atoms with Gasteiger partial charge in [0, 0.05) is 10.6 Å². The van der Waals surface area contributed by atoms with E-state index in [1.165, 1.54) is 12.3 Å². The van der Waals surface area contributed by atoms with Crippen LogP contribution in [0.4, 0.5) is 0 Å². The minimum Gasteiger partial charge on any atom is -0.490 e. The minimum absolute atomic E-state index is 0.186. The van der Waals surface area contributed by atoms with Crippen molar-refractivity contribution < 1.29 is 28.6 Å². The Balaban J connectivity index is 2.03. The topological polar surface area (TPSA) is 115 Å². The normalized spacial score (nSPS) is 11.7. The van der Waals surface area contributed by atoms with Gasteiger partial charge in [0.15, 0.2) is 18.1 Å². The number of nitrogens with one attached hydrogen (secondary N) is 2. The summed E-state index contributed by atoms with van der Waals surface area (Å²) in [5, 5.41) is 7.14. The molecule has 0 aliphatic carbocycles. The summed E-state index contributed by atoms with van der Waals surface area (Å²) in [5.74, 6) is -0.749. The Kier molecular flexibility index (Phi) is 11.0. The zero-order chi connectivity index (χ0) is 25.8. The second-order valence-electron chi connectivity index (χ2n) is 7.67. The lowest BCUT2D eigenvalue weighted by molar-refractivity contribution is -0.145. The van der Waals surface area contributed by atoms with E-state index in [0.29, 0.717) is 34.3 Å². The Hall–Kier alpha value is -3.59. The van der Waals surface area contributed by atoms with E-state index < -0.39 is 23.8 Å². The van der Waals surface area contributed by atoms with Crippen LogP contribution in [0.5, 0.6) is 11.5 Å². The number of esters is 1. The summed E-state index contributed by atoms with van der Waals surface area (Å²) in [6.07, 6.45) is 1.44. The summed E-state index contributed by atoms with van der Waals surface area (Å²) in [6, 6.07) is 10.7. The molecule has 0 heterocycles. The van der Waals surface area contributed by atoms with Crippen LogP contribution in [0, 0.1) is 5.92 Å². The van der Waals surface area contributed by atoms with Gasteiger partial charge in [0.25, 0.3) is 11.8 Å². The predicted molar refractivity (Wildman–Crippen MR) is 133 cm³/mol. The number of nitrogens with zero attached hydrogens (tertiary/aromatic N) is 1. The molecule has 0 aromatic heterocycles. The largest absolute Gasteiger partial charge is 0.490 e. The molecule has 2 N–H and O–H groups in total. The number of carbonyl (C=O) groups excluding carboxylic acids is 3. The molecule has 0 aliphatic heterocycles. The van der Waals surface area contributed by atoms with Crippen LogP contribution < -0.4 is 20.2 Å². The molecule has 1 atom stereocenters. The highest BCUT2D eigenvalue weighted by Gasteiger charge is 2.24. The average Bonchev–Trinajstić information content (AvgIpc) is 2.82. The van der Waals surface area contributed by atoms with E-state index >= 15 is 0 Å². The van der Waals surface area contributed by atoms with Crippen molar-refractivity contribution in [2.75, 3.05) is 19.8 Å².